The number of hydrogen-bond acceptors (Lipinski definition) is 3. The van der Waals surface area contributed by atoms with Crippen LogP contribution < -0.4 is 0 Å². The van der Waals surface area contributed by atoms with Gasteiger partial charge in [-0.15, -0.1) is 0 Å². The third-order valence-corrected chi connectivity index (χ3v) is 6.00. The van der Waals surface area contributed by atoms with E-state index >= 15 is 0 Å². The molecule has 1 aromatic carbocycles. The number of aliphatic hydroxyl groups is 1. The molecule has 1 rings (SSSR count). The summed E-state index contributed by atoms with van der Waals surface area (Å²) in [5.41, 5.74) is -1.12. The number of benzene rings is 1. The number of carbonyl (C=O) groups excluding carboxylic acids is 1. The van der Waals surface area contributed by atoms with Crippen LogP contribution in [0.15, 0.2) is 28.7 Å². The number of carboxylic acid groups (broad SMARTS) is 1. The highest BCUT2D eigenvalue weighted by atomic mass is 79.9. The van der Waals surface area contributed by atoms with E-state index in [4.69, 9.17) is 0 Å². The first-order valence-electron chi connectivity index (χ1n) is 10.5. The molecule has 0 bridgehead atoms. The number of aliphatic carboxylic acids is 1. The second-order valence-corrected chi connectivity index (χ2v) is 9.03. The maximum atomic E-state index is 12.1. The van der Waals surface area contributed by atoms with E-state index in [1.165, 1.54) is 32.1 Å². The molecule has 2 N–H and O–H groups in total. The van der Waals surface area contributed by atoms with Crippen LogP contribution in [-0.4, -0.2) is 28.6 Å². The summed E-state index contributed by atoms with van der Waals surface area (Å²) in [5, 5.41) is 20.6. The number of halogens is 1. The Hall–Kier alpha value is -1.20. The van der Waals surface area contributed by atoms with Crippen molar-refractivity contribution in [3.05, 3.63) is 34.3 Å². The number of hydrogen-bond donors (Lipinski definition) is 2. The Morgan fingerprint density at radius 3 is 1.96 bits per heavy atom. The fraction of sp³-hybridized carbons (Fsp3) is 0.652. The predicted octanol–water partition coefficient (Wildman–Crippen LogP) is 5.89. The molecule has 0 fully saturated rings. The van der Waals surface area contributed by atoms with Gasteiger partial charge in [0.25, 0.3) is 0 Å². The first kappa shape index (κ1) is 24.8. The summed E-state index contributed by atoms with van der Waals surface area (Å²) in [6, 6.07) is 6.82. The monoisotopic (exact) mass is 454 g/mol. The second kappa shape index (κ2) is 13.1. The summed E-state index contributed by atoms with van der Waals surface area (Å²) in [7, 11) is 0. The van der Waals surface area contributed by atoms with Crippen molar-refractivity contribution in [2.45, 2.75) is 89.6 Å². The van der Waals surface area contributed by atoms with Gasteiger partial charge in [0.15, 0.2) is 0 Å². The molecule has 0 amide bonds. The largest absolute Gasteiger partial charge is 0.480 e. The van der Waals surface area contributed by atoms with Gasteiger partial charge in [0.1, 0.15) is 11.7 Å². The zero-order valence-electron chi connectivity index (χ0n) is 17.2. The minimum absolute atomic E-state index is 0.235. The van der Waals surface area contributed by atoms with Gasteiger partial charge < -0.3 is 15.0 Å². The lowest BCUT2D eigenvalue weighted by Crippen LogP contribution is -2.47. The summed E-state index contributed by atoms with van der Waals surface area (Å²) in [6.07, 6.45) is 8.73. The van der Waals surface area contributed by atoms with E-state index in [1.807, 2.05) is 0 Å². The van der Waals surface area contributed by atoms with Crippen molar-refractivity contribution in [3.63, 3.8) is 0 Å². The summed E-state index contributed by atoms with van der Waals surface area (Å²) < 4.78 is 0.824. The smallest absolute Gasteiger partial charge is 0.317 e. The van der Waals surface area contributed by atoms with Crippen LogP contribution in [0, 0.1) is 5.92 Å². The minimum atomic E-state index is -1.58. The van der Waals surface area contributed by atoms with E-state index in [9.17, 15) is 19.8 Å². The molecular formula is C23H35BrO4. The number of rotatable bonds is 15. The van der Waals surface area contributed by atoms with Crippen LogP contribution in [0.3, 0.4) is 0 Å². The number of aliphatic hydroxyl groups excluding tert-OH is 1. The van der Waals surface area contributed by atoms with Gasteiger partial charge in [-0.25, -0.2) is 0 Å². The van der Waals surface area contributed by atoms with Crippen molar-refractivity contribution in [2.75, 3.05) is 0 Å². The van der Waals surface area contributed by atoms with Crippen molar-refractivity contribution in [3.8, 4) is 0 Å². The minimum Gasteiger partial charge on any atom is -0.480 e. The van der Waals surface area contributed by atoms with Gasteiger partial charge in [-0.05, 0) is 30.0 Å². The van der Waals surface area contributed by atoms with Crippen molar-refractivity contribution in [1.82, 2.24) is 0 Å². The van der Waals surface area contributed by atoms with E-state index < -0.39 is 17.5 Å². The zero-order valence-corrected chi connectivity index (χ0v) is 18.8. The van der Waals surface area contributed by atoms with Crippen LogP contribution in [0.4, 0.5) is 0 Å². The Labute approximate surface area is 177 Å². The molecule has 28 heavy (non-hydrogen) atoms. The van der Waals surface area contributed by atoms with Crippen molar-refractivity contribution in [2.24, 2.45) is 5.92 Å². The maximum Gasteiger partial charge on any atom is 0.317 e. The van der Waals surface area contributed by atoms with Gasteiger partial charge in [0, 0.05) is 10.9 Å². The average Bonchev–Trinajstić information content (AvgIpc) is 2.64. The van der Waals surface area contributed by atoms with Gasteiger partial charge in [-0.1, -0.05) is 93.3 Å². The maximum absolute atomic E-state index is 12.1. The Morgan fingerprint density at radius 2 is 1.50 bits per heavy atom. The number of carboxylic acids is 1. The molecule has 5 heteroatoms. The van der Waals surface area contributed by atoms with Gasteiger partial charge in [0.05, 0.1) is 6.10 Å². The molecule has 0 aliphatic heterocycles. The zero-order chi connectivity index (χ0) is 21.0. The van der Waals surface area contributed by atoms with Crippen molar-refractivity contribution >= 4 is 28.2 Å². The molecular weight excluding hydrogens is 420 g/mol. The molecule has 0 saturated carbocycles. The molecule has 4 nitrogen and oxygen atoms in total. The SMILES string of the molecule is CC(C)CCCCCCCCCC(O)[C@](CC=O)(C(=O)O)c1ccc(Br)cc1. The van der Waals surface area contributed by atoms with Crippen LogP contribution in [0.1, 0.15) is 83.6 Å². The lowest BCUT2D eigenvalue weighted by atomic mass is 9.72. The highest BCUT2D eigenvalue weighted by Crippen LogP contribution is 2.35. The topological polar surface area (TPSA) is 74.6 Å². The van der Waals surface area contributed by atoms with Gasteiger partial charge >= 0.3 is 5.97 Å². The number of carbonyl (C=O) groups is 2. The van der Waals surface area contributed by atoms with E-state index in [-0.39, 0.29) is 6.42 Å². The first-order chi connectivity index (χ1) is 13.3. The predicted molar refractivity (Wildman–Crippen MR) is 117 cm³/mol. The summed E-state index contributed by atoms with van der Waals surface area (Å²) in [6.45, 7) is 4.50. The molecule has 0 aliphatic rings. The number of unbranched alkanes of at least 4 members (excludes halogenated alkanes) is 6. The molecule has 0 saturated heterocycles. The van der Waals surface area contributed by atoms with Crippen molar-refractivity contribution < 1.29 is 19.8 Å². The fourth-order valence-electron chi connectivity index (χ4n) is 3.70. The third kappa shape index (κ3) is 7.67. The lowest BCUT2D eigenvalue weighted by molar-refractivity contribution is -0.150. The summed E-state index contributed by atoms with van der Waals surface area (Å²) >= 11 is 3.33. The first-order valence-corrected chi connectivity index (χ1v) is 11.2. The molecule has 0 heterocycles. The highest BCUT2D eigenvalue weighted by Gasteiger charge is 2.46. The number of aldehydes is 1. The van der Waals surface area contributed by atoms with Crippen LogP contribution >= 0.6 is 15.9 Å². The average molecular weight is 455 g/mol. The molecule has 0 aromatic heterocycles. The normalized spacial score (nSPS) is 14.6. The Balaban J connectivity index is 2.54. The Bertz CT molecular complexity index is 585. The van der Waals surface area contributed by atoms with Gasteiger partial charge in [-0.2, -0.15) is 0 Å². The molecule has 0 aliphatic carbocycles. The molecule has 158 valence electrons. The molecule has 0 radical (unpaired) electrons. The molecule has 2 atom stereocenters. The quantitative estimate of drug-likeness (QED) is 0.256. The van der Waals surface area contributed by atoms with Crippen LogP contribution in [0.5, 0.6) is 0 Å². The second-order valence-electron chi connectivity index (χ2n) is 8.12. The third-order valence-electron chi connectivity index (χ3n) is 5.47. The molecule has 1 unspecified atom stereocenters. The van der Waals surface area contributed by atoms with E-state index in [2.05, 4.69) is 29.8 Å². The van der Waals surface area contributed by atoms with Crippen LogP contribution in [-0.2, 0) is 15.0 Å². The molecule has 0 spiro atoms. The Morgan fingerprint density at radius 1 is 1.00 bits per heavy atom. The van der Waals surface area contributed by atoms with E-state index in [1.54, 1.807) is 24.3 Å². The summed E-state index contributed by atoms with van der Waals surface area (Å²) in [4.78, 5) is 23.3. The highest BCUT2D eigenvalue weighted by molar-refractivity contribution is 9.10. The van der Waals surface area contributed by atoms with E-state index in [0.29, 0.717) is 18.3 Å². The lowest BCUT2D eigenvalue weighted by Gasteiger charge is -2.33. The van der Waals surface area contributed by atoms with Crippen LogP contribution in [0.25, 0.3) is 0 Å². The van der Waals surface area contributed by atoms with Crippen LogP contribution in [0.2, 0.25) is 0 Å². The summed E-state index contributed by atoms with van der Waals surface area (Å²) in [5.74, 6) is -0.382. The standard InChI is InChI=1S/C23H35BrO4/c1-18(2)10-8-6-4-3-5-7-9-11-21(26)23(16-17-25,22(27)28)19-12-14-20(24)15-13-19/h12-15,17-18,21,26H,3-11,16H2,1-2H3,(H,27,28)/t21?,23-/m1/s1. The van der Waals surface area contributed by atoms with Gasteiger partial charge in [0.2, 0.25) is 0 Å². The molecule has 1 aromatic rings. The fourth-order valence-corrected chi connectivity index (χ4v) is 3.96. The van der Waals surface area contributed by atoms with Gasteiger partial charge in [-0.3, -0.25) is 4.79 Å². The van der Waals surface area contributed by atoms with Crippen molar-refractivity contribution in [1.29, 1.82) is 0 Å². The van der Waals surface area contributed by atoms with E-state index in [0.717, 1.165) is 29.7 Å². The Kier molecular flexibility index (Phi) is 11.6.